The zero-order valence-electron chi connectivity index (χ0n) is 17.1. The van der Waals surface area contributed by atoms with Crippen LogP contribution in [-0.4, -0.2) is 47.4 Å². The quantitative estimate of drug-likeness (QED) is 0.536. The van der Waals surface area contributed by atoms with Gasteiger partial charge >= 0.3 is 7.60 Å². The number of amides is 1. The molecule has 0 saturated carbocycles. The molecule has 0 aliphatic carbocycles. The van der Waals surface area contributed by atoms with Crippen LogP contribution in [0.15, 0.2) is 30.3 Å². The minimum atomic E-state index is -3.36. The first-order valence-corrected chi connectivity index (χ1v) is 11.2. The van der Waals surface area contributed by atoms with Gasteiger partial charge in [-0.1, -0.05) is 51.1 Å². The zero-order chi connectivity index (χ0) is 20.4. The highest BCUT2D eigenvalue weighted by Crippen LogP contribution is 2.54. The maximum atomic E-state index is 13.1. The molecule has 6 nitrogen and oxygen atoms in total. The summed E-state index contributed by atoms with van der Waals surface area (Å²) in [4.78, 5) is 14.8. The second-order valence-corrected chi connectivity index (χ2v) is 9.41. The van der Waals surface area contributed by atoms with Crippen LogP contribution in [0.25, 0.3) is 0 Å². The van der Waals surface area contributed by atoms with Gasteiger partial charge in [0.05, 0.1) is 31.5 Å². The van der Waals surface area contributed by atoms with E-state index in [4.69, 9.17) is 9.05 Å². The molecule has 27 heavy (non-hydrogen) atoms. The molecule has 1 amide bonds. The lowest BCUT2D eigenvalue weighted by atomic mass is 10.0. The Bertz CT molecular complexity index is 598. The summed E-state index contributed by atoms with van der Waals surface area (Å²) in [7, 11) is -3.36. The molecule has 1 aromatic carbocycles. The summed E-state index contributed by atoms with van der Waals surface area (Å²) in [5.41, 5.74) is 0.421. The van der Waals surface area contributed by atoms with Gasteiger partial charge in [0.25, 0.3) is 0 Å². The first-order valence-electron chi connectivity index (χ1n) is 9.62. The van der Waals surface area contributed by atoms with Gasteiger partial charge in [-0.05, 0) is 25.3 Å². The van der Waals surface area contributed by atoms with Crippen molar-refractivity contribution < 1.29 is 23.5 Å². The summed E-state index contributed by atoms with van der Waals surface area (Å²) in [6, 6.07) is 9.34. The van der Waals surface area contributed by atoms with E-state index in [2.05, 4.69) is 0 Å². The van der Waals surface area contributed by atoms with Gasteiger partial charge in [0.2, 0.25) is 5.91 Å². The van der Waals surface area contributed by atoms with Crippen molar-refractivity contribution in [3.8, 4) is 0 Å². The van der Waals surface area contributed by atoms with Crippen LogP contribution in [0.3, 0.4) is 0 Å². The molecule has 0 aromatic heterocycles. The molecule has 0 bridgehead atoms. The van der Waals surface area contributed by atoms with E-state index < -0.39 is 13.3 Å². The fourth-order valence-electron chi connectivity index (χ4n) is 2.97. The van der Waals surface area contributed by atoms with Crippen molar-refractivity contribution in [3.05, 3.63) is 35.9 Å². The fraction of sp³-hybridized carbons (Fsp3) is 0.650. The largest absolute Gasteiger partial charge is 0.394 e. The van der Waals surface area contributed by atoms with Crippen LogP contribution in [0.1, 0.15) is 46.6 Å². The number of nitrogens with zero attached hydrogens (tertiary/aromatic N) is 1. The van der Waals surface area contributed by atoms with Crippen LogP contribution in [-0.2, 0) is 25.0 Å². The van der Waals surface area contributed by atoms with Crippen LogP contribution in [0.4, 0.5) is 0 Å². The molecule has 0 aliphatic heterocycles. The van der Waals surface area contributed by atoms with Gasteiger partial charge < -0.3 is 19.1 Å². The number of carbonyl (C=O) groups is 1. The molecule has 0 spiro atoms. The average molecular weight is 399 g/mol. The molecule has 7 heteroatoms. The highest BCUT2D eigenvalue weighted by atomic mass is 31.2. The van der Waals surface area contributed by atoms with E-state index in [-0.39, 0.29) is 44.1 Å². The van der Waals surface area contributed by atoms with Crippen molar-refractivity contribution in [2.75, 3.05) is 19.8 Å². The van der Waals surface area contributed by atoms with Gasteiger partial charge in [-0.15, -0.1) is 0 Å². The van der Waals surface area contributed by atoms with E-state index in [1.165, 1.54) is 0 Å². The van der Waals surface area contributed by atoms with Crippen LogP contribution >= 0.6 is 7.60 Å². The molecular weight excluding hydrogens is 365 g/mol. The highest BCUT2D eigenvalue weighted by Gasteiger charge is 2.36. The standard InChI is InChI=1S/C20H34NO5P/c1-6-25-27(24,26-7-2)17(5)13-20(23)21(19(15-22)16(3)4)14-18-11-9-8-10-12-18/h8-12,16-17,19,22H,6-7,13-15H2,1-5H3/t17-,19+/m1/s1. The van der Waals surface area contributed by atoms with E-state index in [9.17, 15) is 14.5 Å². The average Bonchev–Trinajstić information content (AvgIpc) is 2.62. The SMILES string of the molecule is CCOP(=O)(OCC)[C@H](C)CC(=O)N(Cc1ccccc1)[C@@H](CO)C(C)C. The van der Waals surface area contributed by atoms with E-state index in [0.29, 0.717) is 6.54 Å². The molecule has 2 atom stereocenters. The molecule has 0 fully saturated rings. The second-order valence-electron chi connectivity index (χ2n) is 6.93. The number of hydrogen-bond acceptors (Lipinski definition) is 5. The summed E-state index contributed by atoms with van der Waals surface area (Å²) < 4.78 is 23.7. The Labute approximate surface area is 163 Å². The maximum absolute atomic E-state index is 13.1. The van der Waals surface area contributed by atoms with Crippen LogP contribution < -0.4 is 0 Å². The Kier molecular flexibility index (Phi) is 10.2. The third-order valence-corrected chi connectivity index (χ3v) is 7.00. The summed E-state index contributed by atoms with van der Waals surface area (Å²) in [5, 5.41) is 9.86. The maximum Gasteiger partial charge on any atom is 0.333 e. The van der Waals surface area contributed by atoms with Gasteiger partial charge in [-0.3, -0.25) is 9.36 Å². The molecule has 1 aromatic rings. The lowest BCUT2D eigenvalue weighted by Crippen LogP contribution is -2.45. The number of benzene rings is 1. The molecule has 0 aliphatic rings. The van der Waals surface area contributed by atoms with Crippen molar-refractivity contribution in [2.45, 2.75) is 59.3 Å². The lowest BCUT2D eigenvalue weighted by Gasteiger charge is -2.34. The van der Waals surface area contributed by atoms with Gasteiger partial charge in [-0.2, -0.15) is 0 Å². The third kappa shape index (κ3) is 7.04. The van der Waals surface area contributed by atoms with Gasteiger partial charge in [-0.25, -0.2) is 0 Å². The molecule has 1 rings (SSSR count). The summed E-state index contributed by atoms with van der Waals surface area (Å²) in [5.74, 6) is -0.0812. The van der Waals surface area contributed by atoms with Crippen LogP contribution in [0, 0.1) is 5.92 Å². The summed E-state index contributed by atoms with van der Waals surface area (Å²) in [6.45, 7) is 9.95. The van der Waals surface area contributed by atoms with Crippen molar-refractivity contribution >= 4 is 13.5 Å². The first-order chi connectivity index (χ1) is 12.8. The summed E-state index contributed by atoms with van der Waals surface area (Å²) >= 11 is 0. The predicted molar refractivity (Wildman–Crippen MR) is 108 cm³/mol. The van der Waals surface area contributed by atoms with E-state index in [1.807, 2.05) is 44.2 Å². The molecule has 0 unspecified atom stereocenters. The molecule has 0 radical (unpaired) electrons. The Balaban J connectivity index is 3.03. The number of rotatable bonds is 12. The van der Waals surface area contributed by atoms with Crippen molar-refractivity contribution in [2.24, 2.45) is 5.92 Å². The number of carbonyl (C=O) groups excluding carboxylic acids is 1. The minimum Gasteiger partial charge on any atom is -0.394 e. The fourth-order valence-corrected chi connectivity index (χ4v) is 4.66. The van der Waals surface area contributed by atoms with E-state index in [0.717, 1.165) is 5.56 Å². The van der Waals surface area contributed by atoms with E-state index >= 15 is 0 Å². The minimum absolute atomic E-state index is 0.0351. The van der Waals surface area contributed by atoms with Crippen molar-refractivity contribution in [3.63, 3.8) is 0 Å². The highest BCUT2D eigenvalue weighted by molar-refractivity contribution is 7.54. The molecule has 0 heterocycles. The Morgan fingerprint density at radius 1 is 1.11 bits per heavy atom. The lowest BCUT2D eigenvalue weighted by molar-refractivity contribution is -0.136. The first kappa shape index (κ1) is 23.8. The van der Waals surface area contributed by atoms with Crippen LogP contribution in [0.2, 0.25) is 0 Å². The topological polar surface area (TPSA) is 76.1 Å². The molecular formula is C20H34NO5P. The van der Waals surface area contributed by atoms with Gasteiger partial charge in [0, 0.05) is 13.0 Å². The molecule has 1 N–H and O–H groups in total. The molecule has 0 saturated heterocycles. The Morgan fingerprint density at radius 3 is 2.11 bits per heavy atom. The van der Waals surface area contributed by atoms with E-state index in [1.54, 1.807) is 25.7 Å². The van der Waals surface area contributed by atoms with Gasteiger partial charge in [0.1, 0.15) is 0 Å². The summed E-state index contributed by atoms with van der Waals surface area (Å²) in [6.07, 6.45) is 0.0351. The van der Waals surface area contributed by atoms with Crippen molar-refractivity contribution in [1.82, 2.24) is 4.90 Å². The third-order valence-electron chi connectivity index (χ3n) is 4.50. The predicted octanol–water partition coefficient (Wildman–Crippen LogP) is 4.08. The van der Waals surface area contributed by atoms with Crippen LogP contribution in [0.5, 0.6) is 0 Å². The van der Waals surface area contributed by atoms with Crippen molar-refractivity contribution in [1.29, 1.82) is 0 Å². The monoisotopic (exact) mass is 399 g/mol. The zero-order valence-corrected chi connectivity index (χ0v) is 18.0. The number of aliphatic hydroxyl groups is 1. The molecule has 154 valence electrons. The normalized spacial score (nSPS) is 14.2. The van der Waals surface area contributed by atoms with Gasteiger partial charge in [0.15, 0.2) is 0 Å². The smallest absolute Gasteiger partial charge is 0.333 e. The Morgan fingerprint density at radius 2 is 1.67 bits per heavy atom. The second kappa shape index (κ2) is 11.6. The number of hydrogen-bond donors (Lipinski definition) is 1. The Hall–Kier alpha value is -1.20. The number of aliphatic hydroxyl groups excluding tert-OH is 1.